The number of ketones is 1. The van der Waals surface area contributed by atoms with E-state index in [1.54, 1.807) is 25.2 Å². The van der Waals surface area contributed by atoms with Crippen molar-refractivity contribution in [3.63, 3.8) is 0 Å². The van der Waals surface area contributed by atoms with Gasteiger partial charge in [0.1, 0.15) is 11.5 Å². The molecule has 0 unspecified atom stereocenters. The lowest BCUT2D eigenvalue weighted by Gasteiger charge is -2.07. The van der Waals surface area contributed by atoms with E-state index < -0.39 is 0 Å². The molecule has 1 N–H and O–H groups in total. The Morgan fingerprint density at radius 3 is 2.65 bits per heavy atom. The summed E-state index contributed by atoms with van der Waals surface area (Å²) in [6.45, 7) is 0. The van der Waals surface area contributed by atoms with E-state index >= 15 is 0 Å². The highest BCUT2D eigenvalue weighted by Gasteiger charge is 2.13. The molecule has 17 heavy (non-hydrogen) atoms. The van der Waals surface area contributed by atoms with Crippen molar-refractivity contribution in [2.75, 3.05) is 21.2 Å². The topological polar surface area (TPSA) is 49.8 Å². The van der Waals surface area contributed by atoms with Gasteiger partial charge in [-0.15, -0.1) is 0 Å². The molecular weight excluding hydrogens is 242 g/mol. The van der Waals surface area contributed by atoms with Crippen LogP contribution >= 0.6 is 11.6 Å². The SMILES string of the molecule is COc1cc(O)c(C(=O)/C=C/N(C)C)cc1Cl. The Labute approximate surface area is 105 Å². The van der Waals surface area contributed by atoms with E-state index in [9.17, 15) is 9.90 Å². The van der Waals surface area contributed by atoms with Crippen LogP contribution in [0.4, 0.5) is 0 Å². The molecule has 0 saturated carbocycles. The van der Waals surface area contributed by atoms with E-state index in [0.29, 0.717) is 5.75 Å². The summed E-state index contributed by atoms with van der Waals surface area (Å²) in [6, 6.07) is 2.71. The number of hydrogen-bond acceptors (Lipinski definition) is 4. The molecule has 0 heterocycles. The zero-order chi connectivity index (χ0) is 13.0. The highest BCUT2D eigenvalue weighted by Crippen LogP contribution is 2.32. The van der Waals surface area contributed by atoms with Gasteiger partial charge < -0.3 is 14.7 Å². The third kappa shape index (κ3) is 3.39. The summed E-state index contributed by atoms with van der Waals surface area (Å²) >= 11 is 5.89. The van der Waals surface area contributed by atoms with Gasteiger partial charge in [0.15, 0.2) is 5.78 Å². The number of phenolic OH excluding ortho intramolecular Hbond substituents is 1. The minimum absolute atomic E-state index is 0.147. The van der Waals surface area contributed by atoms with Crippen LogP contribution < -0.4 is 4.74 Å². The van der Waals surface area contributed by atoms with Crippen molar-refractivity contribution < 1.29 is 14.6 Å². The van der Waals surface area contributed by atoms with Crippen molar-refractivity contribution in [1.82, 2.24) is 4.90 Å². The Balaban J connectivity index is 3.07. The Hall–Kier alpha value is -1.68. The highest BCUT2D eigenvalue weighted by atomic mass is 35.5. The van der Waals surface area contributed by atoms with Gasteiger partial charge in [0.2, 0.25) is 0 Å². The maximum atomic E-state index is 11.7. The van der Waals surface area contributed by atoms with Crippen molar-refractivity contribution in [2.24, 2.45) is 0 Å². The second kappa shape index (κ2) is 5.59. The first-order valence-electron chi connectivity index (χ1n) is 4.91. The molecule has 1 aromatic rings. The van der Waals surface area contributed by atoms with Gasteiger partial charge >= 0.3 is 0 Å². The van der Waals surface area contributed by atoms with Crippen molar-refractivity contribution in [3.05, 3.63) is 35.0 Å². The van der Waals surface area contributed by atoms with Crippen LogP contribution in [0.2, 0.25) is 5.02 Å². The number of carbonyl (C=O) groups excluding carboxylic acids is 1. The predicted octanol–water partition coefficient (Wildman–Crippen LogP) is 2.31. The first kappa shape index (κ1) is 13.4. The average Bonchev–Trinajstić information content (AvgIpc) is 2.28. The van der Waals surface area contributed by atoms with E-state index in [1.807, 2.05) is 0 Å². The molecule has 92 valence electrons. The van der Waals surface area contributed by atoms with E-state index in [4.69, 9.17) is 16.3 Å². The summed E-state index contributed by atoms with van der Waals surface area (Å²) in [6.07, 6.45) is 2.96. The maximum Gasteiger partial charge on any atom is 0.191 e. The molecule has 1 aromatic carbocycles. The number of rotatable bonds is 4. The summed E-state index contributed by atoms with van der Waals surface area (Å²) in [5.74, 6) is -0.141. The summed E-state index contributed by atoms with van der Waals surface area (Å²) in [7, 11) is 5.03. The molecule has 0 aliphatic heterocycles. The third-order valence-electron chi connectivity index (χ3n) is 2.06. The van der Waals surface area contributed by atoms with Crippen LogP contribution in [0, 0.1) is 0 Å². The lowest BCUT2D eigenvalue weighted by atomic mass is 10.1. The van der Waals surface area contributed by atoms with E-state index in [-0.39, 0.29) is 22.1 Å². The number of benzene rings is 1. The van der Waals surface area contributed by atoms with Gasteiger partial charge in [0, 0.05) is 32.4 Å². The number of aromatic hydroxyl groups is 1. The van der Waals surface area contributed by atoms with E-state index in [1.165, 1.54) is 25.3 Å². The zero-order valence-corrected chi connectivity index (χ0v) is 10.7. The first-order chi connectivity index (χ1) is 7.95. The summed E-state index contributed by atoms with van der Waals surface area (Å²) < 4.78 is 4.93. The number of carbonyl (C=O) groups is 1. The van der Waals surface area contributed by atoms with Crippen LogP contribution in [-0.4, -0.2) is 37.0 Å². The second-order valence-electron chi connectivity index (χ2n) is 3.65. The number of ether oxygens (including phenoxy) is 1. The molecule has 4 nitrogen and oxygen atoms in total. The molecule has 0 atom stereocenters. The first-order valence-corrected chi connectivity index (χ1v) is 5.29. The predicted molar refractivity (Wildman–Crippen MR) is 66.8 cm³/mol. The Kier molecular flexibility index (Phi) is 4.40. The molecular formula is C12H14ClNO3. The van der Waals surface area contributed by atoms with Crippen LogP contribution in [-0.2, 0) is 0 Å². The number of halogens is 1. The number of hydrogen-bond donors (Lipinski definition) is 1. The number of allylic oxidation sites excluding steroid dienone is 1. The molecule has 0 aliphatic rings. The number of methoxy groups -OCH3 is 1. The quantitative estimate of drug-likeness (QED) is 0.663. The van der Waals surface area contributed by atoms with E-state index in [2.05, 4.69) is 0 Å². The van der Waals surface area contributed by atoms with E-state index in [0.717, 1.165) is 0 Å². The largest absolute Gasteiger partial charge is 0.507 e. The minimum atomic E-state index is -0.319. The smallest absolute Gasteiger partial charge is 0.191 e. The molecule has 0 spiro atoms. The fourth-order valence-electron chi connectivity index (χ4n) is 1.20. The van der Waals surface area contributed by atoms with Gasteiger partial charge in [-0.05, 0) is 6.07 Å². The van der Waals surface area contributed by atoms with Crippen molar-refractivity contribution >= 4 is 17.4 Å². The molecule has 0 amide bonds. The Morgan fingerprint density at radius 2 is 2.12 bits per heavy atom. The average molecular weight is 256 g/mol. The standard InChI is InChI=1S/C12H14ClNO3/c1-14(2)5-4-10(15)8-6-9(13)12(17-3)7-11(8)16/h4-7,16H,1-3H3/b5-4+. The molecule has 0 saturated heterocycles. The van der Waals surface area contributed by atoms with Gasteiger partial charge in [-0.1, -0.05) is 11.6 Å². The lowest BCUT2D eigenvalue weighted by Crippen LogP contribution is -2.03. The highest BCUT2D eigenvalue weighted by molar-refractivity contribution is 6.32. The van der Waals surface area contributed by atoms with Crippen molar-refractivity contribution in [3.8, 4) is 11.5 Å². The van der Waals surface area contributed by atoms with Crippen LogP contribution in [0.15, 0.2) is 24.4 Å². The molecule has 0 aromatic heterocycles. The summed E-state index contributed by atoms with van der Waals surface area (Å²) in [5.41, 5.74) is 0.147. The maximum absolute atomic E-state index is 11.7. The van der Waals surface area contributed by atoms with Crippen LogP contribution in [0.5, 0.6) is 11.5 Å². The molecule has 0 aliphatic carbocycles. The molecule has 0 radical (unpaired) electrons. The van der Waals surface area contributed by atoms with Gasteiger partial charge in [0.05, 0.1) is 17.7 Å². The molecule has 0 bridgehead atoms. The number of phenols is 1. The van der Waals surface area contributed by atoms with Gasteiger partial charge in [-0.25, -0.2) is 0 Å². The normalized spacial score (nSPS) is 10.6. The van der Waals surface area contributed by atoms with Gasteiger partial charge in [-0.3, -0.25) is 4.79 Å². The minimum Gasteiger partial charge on any atom is -0.507 e. The van der Waals surface area contributed by atoms with Crippen LogP contribution in [0.25, 0.3) is 0 Å². The van der Waals surface area contributed by atoms with Gasteiger partial charge in [0.25, 0.3) is 0 Å². The molecule has 5 heteroatoms. The zero-order valence-electron chi connectivity index (χ0n) is 9.90. The monoisotopic (exact) mass is 255 g/mol. The van der Waals surface area contributed by atoms with Gasteiger partial charge in [-0.2, -0.15) is 0 Å². The summed E-state index contributed by atoms with van der Waals surface area (Å²) in [4.78, 5) is 13.5. The van der Waals surface area contributed by atoms with Crippen molar-refractivity contribution in [1.29, 1.82) is 0 Å². The fourth-order valence-corrected chi connectivity index (χ4v) is 1.44. The number of nitrogens with zero attached hydrogens (tertiary/aromatic N) is 1. The van der Waals surface area contributed by atoms with Crippen LogP contribution in [0.3, 0.4) is 0 Å². The Morgan fingerprint density at radius 1 is 1.47 bits per heavy atom. The summed E-state index contributed by atoms with van der Waals surface area (Å²) in [5, 5.41) is 9.96. The lowest BCUT2D eigenvalue weighted by molar-refractivity contribution is 0.104. The fraction of sp³-hybridized carbons (Fsp3) is 0.250. The second-order valence-corrected chi connectivity index (χ2v) is 4.05. The van der Waals surface area contributed by atoms with Crippen LogP contribution in [0.1, 0.15) is 10.4 Å². The van der Waals surface area contributed by atoms with Crippen molar-refractivity contribution in [2.45, 2.75) is 0 Å². The third-order valence-corrected chi connectivity index (χ3v) is 2.36. The Bertz CT molecular complexity index is 455. The molecule has 1 rings (SSSR count). The molecule has 0 fully saturated rings.